The van der Waals surface area contributed by atoms with Gasteiger partial charge >= 0.3 is 12.1 Å². The van der Waals surface area contributed by atoms with Gasteiger partial charge in [0, 0.05) is 18.5 Å². The quantitative estimate of drug-likeness (QED) is 0.855. The van der Waals surface area contributed by atoms with Crippen LogP contribution in [0.25, 0.3) is 0 Å². The number of hydrogen-bond acceptors (Lipinski definition) is 3. The van der Waals surface area contributed by atoms with Crippen LogP contribution in [0.15, 0.2) is 24.3 Å². The van der Waals surface area contributed by atoms with Gasteiger partial charge in [0.25, 0.3) is 0 Å². The van der Waals surface area contributed by atoms with E-state index in [1.54, 1.807) is 4.90 Å². The van der Waals surface area contributed by atoms with Gasteiger partial charge in [0.05, 0.1) is 5.92 Å². The van der Waals surface area contributed by atoms with Crippen molar-refractivity contribution in [2.45, 2.75) is 57.0 Å². The van der Waals surface area contributed by atoms with Crippen LogP contribution in [0, 0.1) is 0 Å². The molecule has 2 aliphatic rings. The first-order chi connectivity index (χ1) is 11.2. The number of aliphatic carboxylic acids is 1. The van der Waals surface area contributed by atoms with Gasteiger partial charge in [0.2, 0.25) is 0 Å². The van der Waals surface area contributed by atoms with E-state index in [0.717, 1.165) is 24.0 Å². The highest BCUT2D eigenvalue weighted by Crippen LogP contribution is 2.51. The van der Waals surface area contributed by atoms with Crippen LogP contribution >= 0.6 is 0 Å². The number of likely N-dealkylation sites (tertiary alicyclic amines) is 1. The Balaban J connectivity index is 1.76. The van der Waals surface area contributed by atoms with Crippen LogP contribution in [-0.4, -0.2) is 40.8 Å². The molecule has 0 saturated carbocycles. The largest absolute Gasteiger partial charge is 0.481 e. The first kappa shape index (κ1) is 16.8. The first-order valence-corrected chi connectivity index (χ1v) is 8.52. The number of amides is 1. The van der Waals surface area contributed by atoms with E-state index in [9.17, 15) is 14.7 Å². The summed E-state index contributed by atoms with van der Waals surface area (Å²) >= 11 is 0. The second-order valence-electron chi connectivity index (χ2n) is 7.93. The highest BCUT2D eigenvalue weighted by atomic mass is 16.6. The Labute approximate surface area is 142 Å². The Morgan fingerprint density at radius 2 is 1.83 bits per heavy atom. The maximum Gasteiger partial charge on any atom is 0.410 e. The van der Waals surface area contributed by atoms with Crippen LogP contribution in [0.1, 0.15) is 57.1 Å². The van der Waals surface area contributed by atoms with E-state index < -0.39 is 17.5 Å². The number of carbonyl (C=O) groups is 2. The van der Waals surface area contributed by atoms with E-state index in [2.05, 4.69) is 6.07 Å². The lowest BCUT2D eigenvalue weighted by Gasteiger charge is -2.40. The monoisotopic (exact) mass is 331 g/mol. The van der Waals surface area contributed by atoms with Crippen molar-refractivity contribution in [3.8, 4) is 0 Å². The number of benzene rings is 1. The number of ether oxygens (including phenoxy) is 1. The van der Waals surface area contributed by atoms with Gasteiger partial charge < -0.3 is 14.7 Å². The molecule has 1 fully saturated rings. The highest BCUT2D eigenvalue weighted by Gasteiger charge is 2.48. The lowest BCUT2D eigenvalue weighted by atomic mass is 9.73. The van der Waals surface area contributed by atoms with Gasteiger partial charge in [-0.15, -0.1) is 0 Å². The van der Waals surface area contributed by atoms with Crippen molar-refractivity contribution in [2.75, 3.05) is 13.1 Å². The zero-order valence-electron chi connectivity index (χ0n) is 14.5. The summed E-state index contributed by atoms with van der Waals surface area (Å²) in [6, 6.07) is 7.87. The molecule has 1 aromatic rings. The van der Waals surface area contributed by atoms with E-state index in [-0.39, 0.29) is 11.5 Å². The van der Waals surface area contributed by atoms with Gasteiger partial charge in [-0.05, 0) is 51.2 Å². The third-order valence-corrected chi connectivity index (χ3v) is 5.17. The summed E-state index contributed by atoms with van der Waals surface area (Å²) in [5, 5.41) is 9.56. The number of nitrogens with zero attached hydrogens (tertiary/aromatic N) is 1. The third-order valence-electron chi connectivity index (χ3n) is 5.17. The molecule has 1 N–H and O–H groups in total. The Morgan fingerprint density at radius 1 is 1.21 bits per heavy atom. The number of carboxylic acids is 1. The average molecular weight is 331 g/mol. The fraction of sp³-hybridized carbons (Fsp3) is 0.579. The Hall–Kier alpha value is -2.04. The molecule has 1 saturated heterocycles. The molecular formula is C19H25NO4. The lowest BCUT2D eigenvalue weighted by Crippen LogP contribution is -2.46. The van der Waals surface area contributed by atoms with Gasteiger partial charge in [0.1, 0.15) is 5.60 Å². The van der Waals surface area contributed by atoms with Crippen molar-refractivity contribution in [3.63, 3.8) is 0 Å². The van der Waals surface area contributed by atoms with Crippen LogP contribution in [0.5, 0.6) is 0 Å². The van der Waals surface area contributed by atoms with Crippen LogP contribution in [0.4, 0.5) is 4.79 Å². The molecule has 1 unspecified atom stereocenters. The molecule has 5 heteroatoms. The smallest absolute Gasteiger partial charge is 0.410 e. The molecule has 5 nitrogen and oxygen atoms in total. The molecule has 1 aromatic carbocycles. The second-order valence-corrected chi connectivity index (χ2v) is 7.93. The molecule has 3 rings (SSSR count). The SMILES string of the molecule is CC(C)(C)OC(=O)N1CCC2(CC1)CC(C(=O)O)c1ccccc12. The topological polar surface area (TPSA) is 66.8 Å². The molecule has 130 valence electrons. The first-order valence-electron chi connectivity index (χ1n) is 8.52. The number of rotatable bonds is 1. The fourth-order valence-electron chi connectivity index (χ4n) is 4.03. The average Bonchev–Trinajstić information content (AvgIpc) is 2.82. The minimum absolute atomic E-state index is 0.127. The minimum atomic E-state index is -0.756. The normalized spacial score (nSPS) is 22.3. The number of fused-ring (bicyclic) bond motifs is 2. The standard InChI is InChI=1S/C19H25NO4/c1-18(2,3)24-17(23)20-10-8-19(9-11-20)12-14(16(21)22)13-6-4-5-7-15(13)19/h4-7,14H,8-12H2,1-3H3,(H,21,22). The molecule has 0 bridgehead atoms. The van der Waals surface area contributed by atoms with Crippen molar-refractivity contribution < 1.29 is 19.4 Å². The maximum atomic E-state index is 12.2. The summed E-state index contributed by atoms with van der Waals surface area (Å²) in [5.74, 6) is -1.19. The van der Waals surface area contributed by atoms with Crippen molar-refractivity contribution in [1.82, 2.24) is 4.90 Å². The van der Waals surface area contributed by atoms with Gasteiger partial charge in [0.15, 0.2) is 0 Å². The van der Waals surface area contributed by atoms with Crippen LogP contribution in [0.2, 0.25) is 0 Å². The molecule has 24 heavy (non-hydrogen) atoms. The highest BCUT2D eigenvalue weighted by molar-refractivity contribution is 5.79. The van der Waals surface area contributed by atoms with Crippen LogP contribution in [0.3, 0.4) is 0 Å². The minimum Gasteiger partial charge on any atom is -0.481 e. The van der Waals surface area contributed by atoms with Gasteiger partial charge in [-0.25, -0.2) is 4.79 Å². The van der Waals surface area contributed by atoms with Crippen molar-refractivity contribution in [2.24, 2.45) is 0 Å². The summed E-state index contributed by atoms with van der Waals surface area (Å²) in [7, 11) is 0. The van der Waals surface area contributed by atoms with Gasteiger partial charge in [-0.2, -0.15) is 0 Å². The Bertz CT molecular complexity index is 654. The van der Waals surface area contributed by atoms with Gasteiger partial charge in [-0.1, -0.05) is 24.3 Å². The molecule has 1 heterocycles. The maximum absolute atomic E-state index is 12.2. The fourth-order valence-corrected chi connectivity index (χ4v) is 4.03. The predicted molar refractivity (Wildman–Crippen MR) is 90.2 cm³/mol. The third kappa shape index (κ3) is 2.99. The number of hydrogen-bond donors (Lipinski definition) is 1. The van der Waals surface area contributed by atoms with E-state index in [0.29, 0.717) is 19.5 Å². The van der Waals surface area contributed by atoms with Crippen LogP contribution < -0.4 is 0 Å². The van der Waals surface area contributed by atoms with E-state index in [1.807, 2.05) is 39.0 Å². The molecule has 1 amide bonds. The lowest BCUT2D eigenvalue weighted by molar-refractivity contribution is -0.139. The van der Waals surface area contributed by atoms with E-state index >= 15 is 0 Å². The van der Waals surface area contributed by atoms with Gasteiger partial charge in [-0.3, -0.25) is 4.79 Å². The Kier molecular flexibility index (Phi) is 4.06. The summed E-state index contributed by atoms with van der Waals surface area (Å²) in [5.41, 5.74) is 1.47. The summed E-state index contributed by atoms with van der Waals surface area (Å²) in [4.78, 5) is 25.6. The van der Waals surface area contributed by atoms with E-state index in [1.165, 1.54) is 0 Å². The number of carbonyl (C=O) groups excluding carboxylic acids is 1. The summed E-state index contributed by atoms with van der Waals surface area (Å²) in [6.07, 6.45) is 1.92. The number of carboxylic acid groups (broad SMARTS) is 1. The Morgan fingerprint density at radius 3 is 2.42 bits per heavy atom. The molecule has 1 atom stereocenters. The summed E-state index contributed by atoms with van der Waals surface area (Å²) in [6.45, 7) is 6.80. The molecule has 0 aromatic heterocycles. The molecule has 1 spiro atoms. The zero-order chi connectivity index (χ0) is 17.5. The summed E-state index contributed by atoms with van der Waals surface area (Å²) < 4.78 is 5.45. The van der Waals surface area contributed by atoms with Crippen molar-refractivity contribution in [3.05, 3.63) is 35.4 Å². The van der Waals surface area contributed by atoms with E-state index in [4.69, 9.17) is 4.74 Å². The van der Waals surface area contributed by atoms with Crippen molar-refractivity contribution in [1.29, 1.82) is 0 Å². The molecular weight excluding hydrogens is 306 g/mol. The molecule has 1 aliphatic heterocycles. The zero-order valence-corrected chi connectivity index (χ0v) is 14.5. The molecule has 1 aliphatic carbocycles. The predicted octanol–water partition coefficient (Wildman–Crippen LogP) is 3.53. The molecule has 0 radical (unpaired) electrons. The number of piperidine rings is 1. The van der Waals surface area contributed by atoms with Crippen LogP contribution in [-0.2, 0) is 14.9 Å². The second kappa shape index (κ2) is 5.80. The van der Waals surface area contributed by atoms with Crippen molar-refractivity contribution >= 4 is 12.1 Å².